The first-order valence-corrected chi connectivity index (χ1v) is 7.22. The zero-order valence-corrected chi connectivity index (χ0v) is 10.5. The lowest BCUT2D eigenvalue weighted by molar-refractivity contribution is 0.599. The van der Waals surface area contributed by atoms with Gasteiger partial charge >= 0.3 is 0 Å². The van der Waals surface area contributed by atoms with Crippen LogP contribution in [-0.4, -0.2) is 20.7 Å². The van der Waals surface area contributed by atoms with E-state index in [0.717, 1.165) is 17.7 Å². The molecule has 1 saturated heterocycles. The molecule has 1 aromatic rings. The zero-order valence-electron chi connectivity index (χ0n) is 9.68. The van der Waals surface area contributed by atoms with E-state index in [0.29, 0.717) is 12.5 Å². The summed E-state index contributed by atoms with van der Waals surface area (Å²) in [5.41, 5.74) is 1.96. The van der Waals surface area contributed by atoms with Crippen LogP contribution in [0, 0.1) is 0 Å². The monoisotopic (exact) mass is 239 g/mol. The van der Waals surface area contributed by atoms with Gasteiger partial charge < -0.3 is 0 Å². The van der Waals surface area contributed by atoms with Crippen LogP contribution in [0.3, 0.4) is 0 Å². The Morgan fingerprint density at radius 3 is 2.50 bits per heavy atom. The van der Waals surface area contributed by atoms with Gasteiger partial charge in [0, 0.05) is 6.54 Å². The van der Waals surface area contributed by atoms with E-state index in [4.69, 9.17) is 0 Å². The SMILES string of the molecule is CC(C)c1ccccc1N1CCCS1(=O)=O. The van der Waals surface area contributed by atoms with Crippen LogP contribution >= 0.6 is 0 Å². The Kier molecular flexibility index (Phi) is 2.93. The van der Waals surface area contributed by atoms with Gasteiger partial charge in [-0.1, -0.05) is 32.0 Å². The lowest BCUT2D eigenvalue weighted by Gasteiger charge is -2.22. The van der Waals surface area contributed by atoms with E-state index >= 15 is 0 Å². The van der Waals surface area contributed by atoms with Gasteiger partial charge in [-0.2, -0.15) is 0 Å². The van der Waals surface area contributed by atoms with E-state index < -0.39 is 10.0 Å². The van der Waals surface area contributed by atoms with Gasteiger partial charge in [-0.25, -0.2) is 8.42 Å². The molecule has 0 radical (unpaired) electrons. The van der Waals surface area contributed by atoms with E-state index in [1.54, 1.807) is 4.31 Å². The summed E-state index contributed by atoms with van der Waals surface area (Å²) in [4.78, 5) is 0. The molecule has 0 saturated carbocycles. The Balaban J connectivity index is 2.48. The first-order chi connectivity index (χ1) is 7.52. The van der Waals surface area contributed by atoms with Crippen LogP contribution in [0.25, 0.3) is 0 Å². The predicted molar refractivity (Wildman–Crippen MR) is 66.3 cm³/mol. The number of benzene rings is 1. The molecule has 0 N–H and O–H groups in total. The van der Waals surface area contributed by atoms with Crippen molar-refractivity contribution in [1.82, 2.24) is 0 Å². The fourth-order valence-corrected chi connectivity index (χ4v) is 3.70. The third-order valence-electron chi connectivity index (χ3n) is 2.93. The standard InChI is InChI=1S/C12H17NO2S/c1-10(2)11-6-3-4-7-12(11)13-8-5-9-16(13,14)15/h3-4,6-7,10H,5,8-9H2,1-2H3. The minimum absolute atomic E-state index is 0.277. The van der Waals surface area contributed by atoms with Gasteiger partial charge in [0.05, 0.1) is 11.4 Å². The average Bonchev–Trinajstić information content (AvgIpc) is 2.58. The Morgan fingerprint density at radius 2 is 1.94 bits per heavy atom. The van der Waals surface area contributed by atoms with Crippen molar-refractivity contribution in [2.45, 2.75) is 26.2 Å². The number of sulfonamides is 1. The molecule has 2 rings (SSSR count). The molecule has 0 bridgehead atoms. The highest BCUT2D eigenvalue weighted by molar-refractivity contribution is 7.93. The second-order valence-corrected chi connectivity index (χ2v) is 6.47. The second kappa shape index (κ2) is 4.09. The Bertz CT molecular complexity index is 480. The lowest BCUT2D eigenvalue weighted by atomic mass is 10.0. The molecule has 1 aliphatic heterocycles. The molecule has 0 aromatic heterocycles. The van der Waals surface area contributed by atoms with Crippen molar-refractivity contribution in [2.24, 2.45) is 0 Å². The number of para-hydroxylation sites is 1. The van der Waals surface area contributed by atoms with Gasteiger partial charge in [-0.05, 0) is 24.0 Å². The largest absolute Gasteiger partial charge is 0.270 e. The number of rotatable bonds is 2. The van der Waals surface area contributed by atoms with Crippen LogP contribution in [0.4, 0.5) is 5.69 Å². The fourth-order valence-electron chi connectivity index (χ4n) is 2.11. The smallest absolute Gasteiger partial charge is 0.235 e. The summed E-state index contributed by atoms with van der Waals surface area (Å²) in [6.45, 7) is 4.79. The van der Waals surface area contributed by atoms with Crippen LogP contribution < -0.4 is 4.31 Å². The summed E-state index contributed by atoms with van der Waals surface area (Å²) >= 11 is 0. The minimum atomic E-state index is -3.06. The van der Waals surface area contributed by atoms with Crippen LogP contribution in [0.5, 0.6) is 0 Å². The lowest BCUT2D eigenvalue weighted by Crippen LogP contribution is -2.26. The van der Waals surface area contributed by atoms with Gasteiger partial charge in [0.15, 0.2) is 0 Å². The second-order valence-electron chi connectivity index (χ2n) is 4.46. The van der Waals surface area contributed by atoms with Crippen molar-refractivity contribution in [1.29, 1.82) is 0 Å². The molecule has 0 spiro atoms. The van der Waals surface area contributed by atoms with E-state index in [9.17, 15) is 8.42 Å². The van der Waals surface area contributed by atoms with E-state index in [1.165, 1.54) is 0 Å². The van der Waals surface area contributed by atoms with Crippen molar-refractivity contribution in [2.75, 3.05) is 16.6 Å². The molecule has 1 heterocycles. The predicted octanol–water partition coefficient (Wildman–Crippen LogP) is 2.35. The van der Waals surface area contributed by atoms with Crippen molar-refractivity contribution >= 4 is 15.7 Å². The average molecular weight is 239 g/mol. The van der Waals surface area contributed by atoms with E-state index in [-0.39, 0.29) is 5.75 Å². The van der Waals surface area contributed by atoms with Crippen LogP contribution in [0.2, 0.25) is 0 Å². The van der Waals surface area contributed by atoms with Crippen LogP contribution in [-0.2, 0) is 10.0 Å². The molecule has 0 amide bonds. The molecule has 3 nitrogen and oxygen atoms in total. The first-order valence-electron chi connectivity index (χ1n) is 5.62. The summed E-state index contributed by atoms with van der Waals surface area (Å²) < 4.78 is 25.3. The highest BCUT2D eigenvalue weighted by Crippen LogP contribution is 2.31. The molecule has 88 valence electrons. The van der Waals surface area contributed by atoms with Gasteiger partial charge in [-0.3, -0.25) is 4.31 Å². The minimum Gasteiger partial charge on any atom is -0.270 e. The highest BCUT2D eigenvalue weighted by Gasteiger charge is 2.29. The summed E-state index contributed by atoms with van der Waals surface area (Å²) in [5.74, 6) is 0.617. The van der Waals surface area contributed by atoms with Gasteiger partial charge in [0.2, 0.25) is 10.0 Å². The van der Waals surface area contributed by atoms with E-state index in [1.807, 2.05) is 24.3 Å². The normalized spacial score (nSPS) is 19.3. The quantitative estimate of drug-likeness (QED) is 0.794. The van der Waals surface area contributed by atoms with Crippen molar-refractivity contribution in [3.05, 3.63) is 29.8 Å². The summed E-state index contributed by atoms with van der Waals surface area (Å²) in [7, 11) is -3.06. The maximum Gasteiger partial charge on any atom is 0.235 e. The number of nitrogens with zero attached hydrogens (tertiary/aromatic N) is 1. The molecular weight excluding hydrogens is 222 g/mol. The van der Waals surface area contributed by atoms with Crippen LogP contribution in [0.1, 0.15) is 31.7 Å². The third-order valence-corrected chi connectivity index (χ3v) is 4.78. The Labute approximate surface area is 97.1 Å². The van der Waals surface area contributed by atoms with Crippen molar-refractivity contribution in [3.8, 4) is 0 Å². The molecule has 0 atom stereocenters. The topological polar surface area (TPSA) is 37.4 Å². The molecule has 16 heavy (non-hydrogen) atoms. The Hall–Kier alpha value is -1.03. The van der Waals surface area contributed by atoms with Crippen LogP contribution in [0.15, 0.2) is 24.3 Å². The summed E-state index contributed by atoms with van der Waals surface area (Å²) in [5, 5.41) is 0. The summed E-state index contributed by atoms with van der Waals surface area (Å²) in [6, 6.07) is 7.77. The van der Waals surface area contributed by atoms with Crippen molar-refractivity contribution in [3.63, 3.8) is 0 Å². The molecule has 1 fully saturated rings. The number of hydrogen-bond donors (Lipinski definition) is 0. The number of hydrogen-bond acceptors (Lipinski definition) is 2. The van der Waals surface area contributed by atoms with E-state index in [2.05, 4.69) is 13.8 Å². The molecule has 0 aliphatic carbocycles. The number of anilines is 1. The maximum atomic E-state index is 11.9. The van der Waals surface area contributed by atoms with Gasteiger partial charge in [-0.15, -0.1) is 0 Å². The molecule has 1 aromatic carbocycles. The Morgan fingerprint density at radius 1 is 1.25 bits per heavy atom. The van der Waals surface area contributed by atoms with Gasteiger partial charge in [0.25, 0.3) is 0 Å². The molecular formula is C12H17NO2S. The molecule has 1 aliphatic rings. The highest BCUT2D eigenvalue weighted by atomic mass is 32.2. The fraction of sp³-hybridized carbons (Fsp3) is 0.500. The van der Waals surface area contributed by atoms with Crippen molar-refractivity contribution < 1.29 is 8.42 Å². The molecule has 0 unspecified atom stereocenters. The zero-order chi connectivity index (χ0) is 11.8. The maximum absolute atomic E-state index is 11.9. The first kappa shape index (κ1) is 11.5. The van der Waals surface area contributed by atoms with Gasteiger partial charge in [0.1, 0.15) is 0 Å². The summed E-state index contributed by atoms with van der Waals surface area (Å²) in [6.07, 6.45) is 0.731. The third kappa shape index (κ3) is 1.94. The molecule has 4 heteroatoms.